The summed E-state index contributed by atoms with van der Waals surface area (Å²) in [6.45, 7) is 5.27. The number of anilines is 2. The Bertz CT molecular complexity index is 863. The molecule has 0 radical (unpaired) electrons. The van der Waals surface area contributed by atoms with Gasteiger partial charge in [0, 0.05) is 48.5 Å². The quantitative estimate of drug-likeness (QED) is 0.694. The topological polar surface area (TPSA) is 95.5 Å². The average molecular weight is 364 g/mol. The molecular formula is C19H24N8. The van der Waals surface area contributed by atoms with Gasteiger partial charge in [0.1, 0.15) is 18.0 Å². The maximum absolute atomic E-state index is 4.47. The summed E-state index contributed by atoms with van der Waals surface area (Å²) in [6.07, 6.45) is 11.9. The van der Waals surface area contributed by atoms with Gasteiger partial charge in [-0.2, -0.15) is 5.10 Å². The number of rotatable bonds is 6. The molecule has 1 unspecified atom stereocenters. The van der Waals surface area contributed by atoms with E-state index in [1.807, 2.05) is 12.3 Å². The highest BCUT2D eigenvalue weighted by molar-refractivity contribution is 5.49. The van der Waals surface area contributed by atoms with Crippen LogP contribution in [0, 0.1) is 12.8 Å². The Morgan fingerprint density at radius 3 is 2.96 bits per heavy atom. The largest absolute Gasteiger partial charge is 0.324 e. The minimum Gasteiger partial charge on any atom is -0.324 e. The molecule has 0 aliphatic carbocycles. The van der Waals surface area contributed by atoms with Crippen LogP contribution in [-0.4, -0.2) is 48.1 Å². The fraction of sp³-hybridized carbons (Fsp3) is 0.421. The first kappa shape index (κ1) is 17.5. The van der Waals surface area contributed by atoms with E-state index in [2.05, 4.69) is 47.3 Å². The van der Waals surface area contributed by atoms with Crippen LogP contribution in [0.5, 0.6) is 0 Å². The molecule has 0 amide bonds. The van der Waals surface area contributed by atoms with Crippen molar-refractivity contribution in [2.24, 2.45) is 5.92 Å². The van der Waals surface area contributed by atoms with E-state index >= 15 is 0 Å². The number of nitrogens with one attached hydrogen (secondary N) is 2. The molecule has 1 saturated heterocycles. The first-order chi connectivity index (χ1) is 13.3. The lowest BCUT2D eigenvalue weighted by atomic mass is 9.93. The zero-order valence-corrected chi connectivity index (χ0v) is 15.5. The van der Waals surface area contributed by atoms with Crippen LogP contribution in [0.4, 0.5) is 11.6 Å². The second-order valence-electron chi connectivity index (χ2n) is 7.08. The van der Waals surface area contributed by atoms with E-state index in [4.69, 9.17) is 0 Å². The second-order valence-corrected chi connectivity index (χ2v) is 7.08. The molecule has 0 spiro atoms. The van der Waals surface area contributed by atoms with Crippen molar-refractivity contribution < 1.29 is 0 Å². The standard InChI is InChI=1S/C19H24N8/c1-14-16(9-24-26-14)12-27-6-2-3-15(11-27)7-17-8-18(23-13-22-17)25-19-10-20-4-5-21-19/h4-5,8-10,13,15H,2-3,6-7,11-12H2,1H3,(H,24,26)(H,21,22,23,25). The summed E-state index contributed by atoms with van der Waals surface area (Å²) in [5.41, 5.74) is 3.50. The van der Waals surface area contributed by atoms with Crippen LogP contribution >= 0.6 is 0 Å². The summed E-state index contributed by atoms with van der Waals surface area (Å²) in [5.74, 6) is 2.04. The van der Waals surface area contributed by atoms with Crippen molar-refractivity contribution in [3.8, 4) is 0 Å². The first-order valence-electron chi connectivity index (χ1n) is 9.31. The molecule has 8 nitrogen and oxygen atoms in total. The van der Waals surface area contributed by atoms with Gasteiger partial charge in [0.2, 0.25) is 0 Å². The molecule has 1 aliphatic heterocycles. The molecule has 0 aromatic carbocycles. The van der Waals surface area contributed by atoms with Crippen molar-refractivity contribution in [1.82, 2.24) is 35.0 Å². The number of aryl methyl sites for hydroxylation is 1. The lowest BCUT2D eigenvalue weighted by Gasteiger charge is -2.32. The lowest BCUT2D eigenvalue weighted by Crippen LogP contribution is -2.35. The molecule has 0 bridgehead atoms. The van der Waals surface area contributed by atoms with E-state index < -0.39 is 0 Å². The highest BCUT2D eigenvalue weighted by Gasteiger charge is 2.21. The van der Waals surface area contributed by atoms with Crippen LogP contribution in [-0.2, 0) is 13.0 Å². The smallest absolute Gasteiger partial charge is 0.150 e. The van der Waals surface area contributed by atoms with Crippen LogP contribution < -0.4 is 5.32 Å². The van der Waals surface area contributed by atoms with Gasteiger partial charge in [-0.1, -0.05) is 0 Å². The van der Waals surface area contributed by atoms with Crippen LogP contribution in [0.3, 0.4) is 0 Å². The summed E-state index contributed by atoms with van der Waals surface area (Å²) >= 11 is 0. The Balaban J connectivity index is 1.37. The van der Waals surface area contributed by atoms with Crippen LogP contribution in [0.1, 0.15) is 29.8 Å². The molecule has 2 N–H and O–H groups in total. The highest BCUT2D eigenvalue weighted by atomic mass is 15.2. The Labute approximate surface area is 158 Å². The lowest BCUT2D eigenvalue weighted by molar-refractivity contribution is 0.166. The highest BCUT2D eigenvalue weighted by Crippen LogP contribution is 2.23. The van der Waals surface area contributed by atoms with E-state index in [0.29, 0.717) is 11.7 Å². The molecule has 3 aromatic heterocycles. The Morgan fingerprint density at radius 2 is 2.15 bits per heavy atom. The van der Waals surface area contributed by atoms with Gasteiger partial charge >= 0.3 is 0 Å². The number of aromatic nitrogens is 6. The molecule has 140 valence electrons. The Morgan fingerprint density at radius 1 is 1.19 bits per heavy atom. The predicted octanol–water partition coefficient (Wildman–Crippen LogP) is 2.50. The number of hydrogen-bond acceptors (Lipinski definition) is 7. The SMILES string of the molecule is Cc1[nH]ncc1CN1CCCC(Cc2cc(Nc3cnccn3)ncn2)C1. The third kappa shape index (κ3) is 4.65. The molecule has 4 heterocycles. The summed E-state index contributed by atoms with van der Waals surface area (Å²) in [6, 6.07) is 2.01. The maximum Gasteiger partial charge on any atom is 0.150 e. The summed E-state index contributed by atoms with van der Waals surface area (Å²) in [5, 5.41) is 10.3. The monoisotopic (exact) mass is 364 g/mol. The van der Waals surface area contributed by atoms with Crippen LogP contribution in [0.25, 0.3) is 0 Å². The van der Waals surface area contributed by atoms with Gasteiger partial charge in [0.15, 0.2) is 0 Å². The molecule has 1 atom stereocenters. The van der Waals surface area contributed by atoms with Crippen molar-refractivity contribution in [3.05, 3.63) is 54.1 Å². The molecule has 4 rings (SSSR count). The number of piperidine rings is 1. The van der Waals surface area contributed by atoms with E-state index in [-0.39, 0.29) is 0 Å². The van der Waals surface area contributed by atoms with Gasteiger partial charge in [0.05, 0.1) is 12.4 Å². The number of hydrogen-bond donors (Lipinski definition) is 2. The van der Waals surface area contributed by atoms with E-state index in [9.17, 15) is 0 Å². The number of aromatic amines is 1. The summed E-state index contributed by atoms with van der Waals surface area (Å²) in [4.78, 5) is 19.6. The molecule has 0 saturated carbocycles. The third-order valence-electron chi connectivity index (χ3n) is 4.97. The molecule has 27 heavy (non-hydrogen) atoms. The number of nitrogens with zero attached hydrogens (tertiary/aromatic N) is 6. The zero-order chi connectivity index (χ0) is 18.5. The Kier molecular flexibility index (Phi) is 5.34. The fourth-order valence-corrected chi connectivity index (χ4v) is 3.61. The van der Waals surface area contributed by atoms with Crippen LogP contribution in [0.15, 0.2) is 37.2 Å². The minimum absolute atomic E-state index is 0.602. The number of likely N-dealkylation sites (tertiary alicyclic amines) is 1. The summed E-state index contributed by atoms with van der Waals surface area (Å²) < 4.78 is 0. The van der Waals surface area contributed by atoms with Crippen molar-refractivity contribution in [2.45, 2.75) is 32.7 Å². The maximum atomic E-state index is 4.47. The Hall–Kier alpha value is -2.87. The van der Waals surface area contributed by atoms with Crippen molar-refractivity contribution in [1.29, 1.82) is 0 Å². The van der Waals surface area contributed by atoms with Crippen molar-refractivity contribution in [3.63, 3.8) is 0 Å². The van der Waals surface area contributed by atoms with Gasteiger partial charge in [-0.15, -0.1) is 0 Å². The van der Waals surface area contributed by atoms with Crippen molar-refractivity contribution >= 4 is 11.6 Å². The average Bonchev–Trinajstić information content (AvgIpc) is 3.08. The number of H-pyrrole nitrogens is 1. The zero-order valence-electron chi connectivity index (χ0n) is 15.5. The van der Waals surface area contributed by atoms with Crippen LogP contribution in [0.2, 0.25) is 0 Å². The van der Waals surface area contributed by atoms with E-state index in [0.717, 1.165) is 43.3 Å². The van der Waals surface area contributed by atoms with Crippen molar-refractivity contribution in [2.75, 3.05) is 18.4 Å². The molecule has 1 aliphatic rings. The third-order valence-corrected chi connectivity index (χ3v) is 4.97. The first-order valence-corrected chi connectivity index (χ1v) is 9.31. The van der Waals surface area contributed by atoms with Gasteiger partial charge < -0.3 is 5.32 Å². The minimum atomic E-state index is 0.602. The second kappa shape index (κ2) is 8.22. The molecule has 3 aromatic rings. The van der Waals surface area contributed by atoms with Gasteiger partial charge in [0.25, 0.3) is 0 Å². The van der Waals surface area contributed by atoms with Gasteiger partial charge in [-0.25, -0.2) is 15.0 Å². The molecule has 1 fully saturated rings. The van der Waals surface area contributed by atoms with E-state index in [1.54, 1.807) is 24.9 Å². The summed E-state index contributed by atoms with van der Waals surface area (Å²) in [7, 11) is 0. The van der Waals surface area contributed by atoms with Gasteiger partial charge in [-0.05, 0) is 38.6 Å². The predicted molar refractivity (Wildman–Crippen MR) is 102 cm³/mol. The van der Waals surface area contributed by atoms with E-state index in [1.165, 1.54) is 18.4 Å². The molecular weight excluding hydrogens is 340 g/mol. The molecule has 8 heteroatoms. The fourth-order valence-electron chi connectivity index (χ4n) is 3.61. The normalized spacial score (nSPS) is 17.7. The van der Waals surface area contributed by atoms with Gasteiger partial charge in [-0.3, -0.25) is 15.0 Å².